The highest BCUT2D eigenvalue weighted by Gasteiger charge is 1.99. The molecule has 1 aromatic carbocycles. The monoisotopic (exact) mass is 243 g/mol. The molecule has 1 aromatic rings. The molecule has 0 aliphatic carbocycles. The van der Waals surface area contributed by atoms with Crippen molar-refractivity contribution in [2.24, 2.45) is 0 Å². The fourth-order valence-corrected chi connectivity index (χ4v) is 1.35. The van der Waals surface area contributed by atoms with Gasteiger partial charge in [-0.15, -0.1) is 0 Å². The number of rotatable bonds is 7. The Labute approximate surface area is 108 Å². The van der Waals surface area contributed by atoms with Crippen molar-refractivity contribution in [2.45, 2.75) is 6.92 Å². The molecule has 4 nitrogen and oxygen atoms in total. The maximum absolute atomic E-state index is 8.75. The third kappa shape index (κ3) is 4.32. The second kappa shape index (κ2) is 7.93. The molecule has 0 saturated carbocycles. The van der Waals surface area contributed by atoms with Gasteiger partial charge in [0.1, 0.15) is 6.73 Å². The zero-order chi connectivity index (χ0) is 13.2. The van der Waals surface area contributed by atoms with Gasteiger partial charge in [-0.25, -0.2) is 0 Å². The van der Waals surface area contributed by atoms with Crippen LogP contribution in [-0.2, 0) is 4.74 Å². The summed E-state index contributed by atoms with van der Waals surface area (Å²) in [6.45, 7) is 6.70. The van der Waals surface area contributed by atoms with Gasteiger partial charge in [0.05, 0.1) is 17.3 Å². The Bertz CT molecular complexity index is 443. The zero-order valence-corrected chi connectivity index (χ0v) is 10.4. The van der Waals surface area contributed by atoms with Crippen molar-refractivity contribution in [1.29, 1.82) is 5.26 Å². The van der Waals surface area contributed by atoms with Crippen molar-refractivity contribution in [1.82, 2.24) is 10.6 Å². The van der Waals surface area contributed by atoms with Gasteiger partial charge >= 0.3 is 0 Å². The van der Waals surface area contributed by atoms with Crippen molar-refractivity contribution < 1.29 is 4.74 Å². The van der Waals surface area contributed by atoms with Gasteiger partial charge in [0.15, 0.2) is 0 Å². The van der Waals surface area contributed by atoms with Gasteiger partial charge in [-0.2, -0.15) is 5.26 Å². The Kier molecular flexibility index (Phi) is 6.09. The number of ether oxygens (including phenoxy) is 1. The lowest BCUT2D eigenvalue weighted by molar-refractivity contribution is 0.138. The second-order valence-electron chi connectivity index (χ2n) is 3.44. The normalized spacial score (nSPS) is 10.6. The molecule has 0 bridgehead atoms. The molecule has 0 fully saturated rings. The van der Waals surface area contributed by atoms with Crippen molar-refractivity contribution in [2.75, 3.05) is 13.3 Å². The van der Waals surface area contributed by atoms with Crippen LogP contribution < -0.4 is 10.6 Å². The maximum atomic E-state index is 8.75. The minimum atomic E-state index is 0.453. The van der Waals surface area contributed by atoms with E-state index >= 15 is 0 Å². The Morgan fingerprint density at radius 1 is 1.44 bits per heavy atom. The highest BCUT2D eigenvalue weighted by atomic mass is 16.5. The van der Waals surface area contributed by atoms with E-state index in [1.807, 2.05) is 25.3 Å². The number of nitriles is 1. The third-order valence-corrected chi connectivity index (χ3v) is 2.22. The summed E-state index contributed by atoms with van der Waals surface area (Å²) in [5.74, 6) is 0. The molecule has 4 heteroatoms. The van der Waals surface area contributed by atoms with Gasteiger partial charge in [0, 0.05) is 12.8 Å². The molecular formula is C14H17N3O. The summed E-state index contributed by atoms with van der Waals surface area (Å²) in [6.07, 6.45) is 3.42. The van der Waals surface area contributed by atoms with E-state index in [-0.39, 0.29) is 0 Å². The van der Waals surface area contributed by atoms with Gasteiger partial charge in [-0.3, -0.25) is 0 Å². The van der Waals surface area contributed by atoms with E-state index in [2.05, 4.69) is 23.3 Å². The van der Waals surface area contributed by atoms with Crippen LogP contribution in [0.3, 0.4) is 0 Å². The van der Waals surface area contributed by atoms with Crippen molar-refractivity contribution in [3.63, 3.8) is 0 Å². The van der Waals surface area contributed by atoms with Crippen LogP contribution in [0.15, 0.2) is 43.2 Å². The Morgan fingerprint density at radius 2 is 2.17 bits per heavy atom. The predicted molar refractivity (Wildman–Crippen MR) is 72.1 cm³/mol. The van der Waals surface area contributed by atoms with Gasteiger partial charge in [-0.05, 0) is 30.8 Å². The molecule has 2 N–H and O–H groups in total. The van der Waals surface area contributed by atoms with Crippen molar-refractivity contribution >= 4 is 5.70 Å². The van der Waals surface area contributed by atoms with Crippen LogP contribution in [0.2, 0.25) is 0 Å². The van der Waals surface area contributed by atoms with Crippen LogP contribution in [-0.4, -0.2) is 13.3 Å². The fourth-order valence-electron chi connectivity index (χ4n) is 1.35. The van der Waals surface area contributed by atoms with Gasteiger partial charge in [-0.1, -0.05) is 18.7 Å². The summed E-state index contributed by atoms with van der Waals surface area (Å²) in [6, 6.07) is 9.39. The van der Waals surface area contributed by atoms with E-state index in [9.17, 15) is 0 Å². The molecule has 0 aliphatic rings. The minimum Gasteiger partial charge on any atom is -0.367 e. The van der Waals surface area contributed by atoms with E-state index in [4.69, 9.17) is 10.00 Å². The Balaban J connectivity index is 2.76. The maximum Gasteiger partial charge on any atom is 0.116 e. The first kappa shape index (κ1) is 13.8. The number of nitrogens with zero attached hydrogens (tertiary/aromatic N) is 1. The predicted octanol–water partition coefficient (Wildman–Crippen LogP) is 2.17. The molecule has 0 aromatic heterocycles. The Hall–Kier alpha value is -2.25. The molecule has 94 valence electrons. The lowest BCUT2D eigenvalue weighted by Gasteiger charge is -2.09. The molecule has 18 heavy (non-hydrogen) atoms. The molecule has 0 amide bonds. The number of benzene rings is 1. The van der Waals surface area contributed by atoms with Gasteiger partial charge < -0.3 is 15.4 Å². The van der Waals surface area contributed by atoms with E-state index in [1.54, 1.807) is 18.3 Å². The number of hydrogen-bond acceptors (Lipinski definition) is 4. The second-order valence-corrected chi connectivity index (χ2v) is 3.44. The van der Waals surface area contributed by atoms with Crippen LogP contribution >= 0.6 is 0 Å². The summed E-state index contributed by atoms with van der Waals surface area (Å²) in [4.78, 5) is 0. The summed E-state index contributed by atoms with van der Waals surface area (Å²) >= 11 is 0. The first-order chi connectivity index (χ1) is 8.81. The third-order valence-electron chi connectivity index (χ3n) is 2.22. The minimum absolute atomic E-state index is 0.453. The topological polar surface area (TPSA) is 57.1 Å². The molecular weight excluding hydrogens is 226 g/mol. The van der Waals surface area contributed by atoms with Crippen LogP contribution in [0.4, 0.5) is 0 Å². The van der Waals surface area contributed by atoms with E-state index in [1.165, 1.54) is 0 Å². The lowest BCUT2D eigenvalue weighted by Crippen LogP contribution is -2.14. The summed E-state index contributed by atoms with van der Waals surface area (Å²) in [5.41, 5.74) is 2.48. The van der Waals surface area contributed by atoms with E-state index in [0.29, 0.717) is 18.9 Å². The van der Waals surface area contributed by atoms with Crippen LogP contribution in [0.25, 0.3) is 5.70 Å². The molecule has 0 atom stereocenters. The standard InChI is InChI=1S/C14H17N3O/c1-3-17-14(10-16-11-18-4-2)13-7-5-12(9-15)6-8-13/h3,5-8,10,16-17H,1,4,11H2,2H3/b14-10-. The van der Waals surface area contributed by atoms with E-state index in [0.717, 1.165) is 11.3 Å². The molecule has 0 aliphatic heterocycles. The smallest absolute Gasteiger partial charge is 0.116 e. The first-order valence-electron chi connectivity index (χ1n) is 5.71. The quantitative estimate of drug-likeness (QED) is 0.569. The van der Waals surface area contributed by atoms with Gasteiger partial charge in [0.2, 0.25) is 0 Å². The SMILES string of the molecule is C=CN/C(=C\NCOCC)c1ccc(C#N)cc1. The molecule has 0 saturated heterocycles. The average Bonchev–Trinajstić information content (AvgIpc) is 2.42. The first-order valence-corrected chi connectivity index (χ1v) is 5.71. The zero-order valence-electron chi connectivity index (χ0n) is 10.4. The largest absolute Gasteiger partial charge is 0.367 e. The lowest BCUT2D eigenvalue weighted by atomic mass is 10.1. The molecule has 0 spiro atoms. The summed E-state index contributed by atoms with van der Waals surface area (Å²) in [5, 5.41) is 14.8. The van der Waals surface area contributed by atoms with Crippen molar-refractivity contribution in [3.8, 4) is 6.07 Å². The average molecular weight is 243 g/mol. The molecule has 1 rings (SSSR count). The molecule has 0 radical (unpaired) electrons. The highest BCUT2D eigenvalue weighted by molar-refractivity contribution is 5.64. The number of hydrogen-bond donors (Lipinski definition) is 2. The number of nitrogens with one attached hydrogen (secondary N) is 2. The fraction of sp³-hybridized carbons (Fsp3) is 0.214. The van der Waals surface area contributed by atoms with Gasteiger partial charge in [0.25, 0.3) is 0 Å². The van der Waals surface area contributed by atoms with E-state index < -0.39 is 0 Å². The summed E-state index contributed by atoms with van der Waals surface area (Å²) in [7, 11) is 0. The van der Waals surface area contributed by atoms with Crippen LogP contribution in [0.1, 0.15) is 18.1 Å². The highest BCUT2D eigenvalue weighted by Crippen LogP contribution is 2.11. The Morgan fingerprint density at radius 3 is 2.72 bits per heavy atom. The molecule has 0 unspecified atom stereocenters. The van der Waals surface area contributed by atoms with Crippen LogP contribution in [0, 0.1) is 11.3 Å². The molecule has 0 heterocycles. The van der Waals surface area contributed by atoms with Crippen molar-refractivity contribution in [3.05, 3.63) is 54.4 Å². The summed E-state index contributed by atoms with van der Waals surface area (Å²) < 4.78 is 5.18. The van der Waals surface area contributed by atoms with Crippen LogP contribution in [0.5, 0.6) is 0 Å².